The minimum atomic E-state index is -0.361. The van der Waals surface area contributed by atoms with Gasteiger partial charge in [0, 0.05) is 29.9 Å². The number of esters is 1. The Morgan fingerprint density at radius 3 is 2.66 bits per heavy atom. The Kier molecular flexibility index (Phi) is 5.03. The average molecular weight is 422 g/mol. The number of pyridine rings is 1. The van der Waals surface area contributed by atoms with Crippen molar-refractivity contribution >= 4 is 33.5 Å². The molecular formula is C26H22N4O2. The van der Waals surface area contributed by atoms with E-state index in [4.69, 9.17) is 9.72 Å². The molecule has 6 heteroatoms. The van der Waals surface area contributed by atoms with Gasteiger partial charge in [0.1, 0.15) is 0 Å². The van der Waals surface area contributed by atoms with Gasteiger partial charge in [-0.05, 0) is 42.0 Å². The van der Waals surface area contributed by atoms with E-state index in [1.807, 2.05) is 42.6 Å². The van der Waals surface area contributed by atoms with E-state index >= 15 is 0 Å². The van der Waals surface area contributed by atoms with Crippen LogP contribution in [0.4, 0.5) is 5.69 Å². The normalized spacial score (nSPS) is 11.1. The van der Waals surface area contributed by atoms with E-state index in [0.717, 1.165) is 45.3 Å². The van der Waals surface area contributed by atoms with E-state index in [-0.39, 0.29) is 5.97 Å². The lowest BCUT2D eigenvalue weighted by molar-refractivity contribution is 0.0601. The van der Waals surface area contributed by atoms with Crippen LogP contribution in [0.1, 0.15) is 15.9 Å². The van der Waals surface area contributed by atoms with Crippen molar-refractivity contribution in [3.63, 3.8) is 0 Å². The minimum Gasteiger partial charge on any atom is -0.465 e. The molecule has 1 N–H and O–H groups in total. The molecule has 0 unspecified atom stereocenters. The monoisotopic (exact) mass is 422 g/mol. The Morgan fingerprint density at radius 1 is 1.00 bits per heavy atom. The lowest BCUT2D eigenvalue weighted by atomic mass is 10.0. The predicted molar refractivity (Wildman–Crippen MR) is 127 cm³/mol. The van der Waals surface area contributed by atoms with E-state index < -0.39 is 0 Å². The maximum atomic E-state index is 12.0. The van der Waals surface area contributed by atoms with Crippen molar-refractivity contribution in [3.05, 3.63) is 90.1 Å². The van der Waals surface area contributed by atoms with Crippen LogP contribution < -0.4 is 4.90 Å². The molecule has 2 heterocycles. The topological polar surface area (TPSA) is 71.1 Å². The Hall–Kier alpha value is -4.19. The van der Waals surface area contributed by atoms with E-state index in [2.05, 4.69) is 52.5 Å². The lowest BCUT2D eigenvalue weighted by Gasteiger charge is -2.23. The van der Waals surface area contributed by atoms with Crippen LogP contribution in [-0.2, 0) is 11.3 Å². The fourth-order valence-electron chi connectivity index (χ4n) is 3.95. The van der Waals surface area contributed by atoms with Crippen molar-refractivity contribution in [1.82, 2.24) is 15.2 Å². The number of hydrogen-bond donors (Lipinski definition) is 1. The second kappa shape index (κ2) is 8.15. The highest BCUT2D eigenvalue weighted by Crippen LogP contribution is 2.34. The van der Waals surface area contributed by atoms with Gasteiger partial charge in [-0.1, -0.05) is 36.4 Å². The first kappa shape index (κ1) is 19.8. The first-order valence-electron chi connectivity index (χ1n) is 10.3. The Balaban J connectivity index is 1.67. The molecule has 0 fully saturated rings. The number of nitrogens with one attached hydrogen (secondary N) is 1. The number of ether oxygens (including phenoxy) is 1. The van der Waals surface area contributed by atoms with Crippen LogP contribution in [0.2, 0.25) is 0 Å². The summed E-state index contributed by atoms with van der Waals surface area (Å²) in [6.45, 7) is 0.728. The zero-order valence-corrected chi connectivity index (χ0v) is 17.9. The minimum absolute atomic E-state index is 0.361. The summed E-state index contributed by atoms with van der Waals surface area (Å²) in [4.78, 5) is 19.2. The lowest BCUT2D eigenvalue weighted by Crippen LogP contribution is -2.17. The van der Waals surface area contributed by atoms with E-state index in [9.17, 15) is 4.79 Å². The summed E-state index contributed by atoms with van der Waals surface area (Å²) >= 11 is 0. The highest BCUT2D eigenvalue weighted by molar-refractivity contribution is 5.97. The van der Waals surface area contributed by atoms with Crippen molar-refractivity contribution < 1.29 is 9.53 Å². The van der Waals surface area contributed by atoms with Crippen molar-refractivity contribution in [2.45, 2.75) is 6.54 Å². The number of benzene rings is 3. The molecule has 0 aliphatic heterocycles. The van der Waals surface area contributed by atoms with Gasteiger partial charge in [0.2, 0.25) is 0 Å². The third-order valence-corrected chi connectivity index (χ3v) is 5.60. The molecule has 0 amide bonds. The first-order chi connectivity index (χ1) is 15.6. The zero-order chi connectivity index (χ0) is 22.1. The summed E-state index contributed by atoms with van der Waals surface area (Å²) in [6.07, 6.45) is 1.82. The molecule has 3 aromatic carbocycles. The van der Waals surface area contributed by atoms with Crippen molar-refractivity contribution in [2.24, 2.45) is 0 Å². The van der Waals surface area contributed by atoms with Crippen LogP contribution in [0.25, 0.3) is 33.1 Å². The molecule has 5 rings (SSSR count). The standard InChI is InChI=1S/C26H22N4O2/c1-30(16-17-6-4-3-5-7-17)24-14-20-13-19(26(31)32-2)9-10-22(20)28-25(24)18-8-11-23-21(12-18)15-27-29-23/h3-15H,16H2,1-2H3,(H,27,29). The Labute approximate surface area is 185 Å². The number of aromatic nitrogens is 3. The van der Waals surface area contributed by atoms with Crippen LogP contribution in [0.5, 0.6) is 0 Å². The number of hydrogen-bond acceptors (Lipinski definition) is 5. The first-order valence-corrected chi connectivity index (χ1v) is 10.3. The number of methoxy groups -OCH3 is 1. The molecule has 0 spiro atoms. The number of carbonyl (C=O) groups excluding carboxylic acids is 1. The third-order valence-electron chi connectivity index (χ3n) is 5.60. The summed E-state index contributed by atoms with van der Waals surface area (Å²) in [5.74, 6) is -0.361. The van der Waals surface area contributed by atoms with E-state index in [0.29, 0.717) is 5.56 Å². The molecule has 0 atom stereocenters. The average Bonchev–Trinajstić information content (AvgIpc) is 3.31. The summed E-state index contributed by atoms with van der Waals surface area (Å²) < 4.78 is 4.89. The van der Waals surface area contributed by atoms with Crippen LogP contribution >= 0.6 is 0 Å². The SMILES string of the molecule is COC(=O)c1ccc2nc(-c3ccc4[nH]ncc4c3)c(N(C)Cc3ccccc3)cc2c1. The van der Waals surface area contributed by atoms with Gasteiger partial charge in [-0.25, -0.2) is 9.78 Å². The fourth-order valence-corrected chi connectivity index (χ4v) is 3.95. The molecule has 0 aliphatic carbocycles. The third kappa shape index (κ3) is 3.67. The highest BCUT2D eigenvalue weighted by atomic mass is 16.5. The van der Waals surface area contributed by atoms with Crippen LogP contribution in [0.3, 0.4) is 0 Å². The number of fused-ring (bicyclic) bond motifs is 2. The predicted octanol–water partition coefficient (Wildman–Crippen LogP) is 5.20. The Morgan fingerprint density at radius 2 is 1.84 bits per heavy atom. The van der Waals surface area contributed by atoms with Crippen molar-refractivity contribution in [1.29, 1.82) is 0 Å². The van der Waals surface area contributed by atoms with Gasteiger partial charge in [0.05, 0.1) is 41.3 Å². The number of aromatic amines is 1. The molecule has 5 aromatic rings. The molecule has 0 bridgehead atoms. The molecule has 2 aromatic heterocycles. The number of nitrogens with zero attached hydrogens (tertiary/aromatic N) is 3. The van der Waals surface area contributed by atoms with Crippen molar-refractivity contribution in [3.8, 4) is 11.3 Å². The summed E-state index contributed by atoms with van der Waals surface area (Å²) in [6, 6.07) is 24.0. The second-order valence-electron chi connectivity index (χ2n) is 7.77. The van der Waals surface area contributed by atoms with Gasteiger partial charge >= 0.3 is 5.97 Å². The quantitative estimate of drug-likeness (QED) is 0.394. The van der Waals surface area contributed by atoms with Gasteiger partial charge < -0.3 is 9.64 Å². The smallest absolute Gasteiger partial charge is 0.337 e. The van der Waals surface area contributed by atoms with Gasteiger partial charge in [-0.2, -0.15) is 5.10 Å². The molecular weight excluding hydrogens is 400 g/mol. The van der Waals surface area contributed by atoms with Crippen LogP contribution in [-0.4, -0.2) is 35.3 Å². The van der Waals surface area contributed by atoms with Gasteiger partial charge in [-0.15, -0.1) is 0 Å². The van der Waals surface area contributed by atoms with Gasteiger partial charge in [-0.3, -0.25) is 5.10 Å². The molecule has 32 heavy (non-hydrogen) atoms. The number of rotatable bonds is 5. The highest BCUT2D eigenvalue weighted by Gasteiger charge is 2.16. The van der Waals surface area contributed by atoms with Crippen LogP contribution in [0.15, 0.2) is 79.0 Å². The number of anilines is 1. The summed E-state index contributed by atoms with van der Waals surface area (Å²) in [5.41, 5.74) is 6.37. The maximum Gasteiger partial charge on any atom is 0.337 e. The maximum absolute atomic E-state index is 12.0. The van der Waals surface area contributed by atoms with E-state index in [1.165, 1.54) is 12.7 Å². The summed E-state index contributed by atoms with van der Waals surface area (Å²) in [5, 5.41) is 9.04. The molecule has 0 saturated heterocycles. The van der Waals surface area contributed by atoms with E-state index in [1.54, 1.807) is 6.07 Å². The fraction of sp³-hybridized carbons (Fsp3) is 0.115. The largest absolute Gasteiger partial charge is 0.465 e. The van der Waals surface area contributed by atoms with Gasteiger partial charge in [0.25, 0.3) is 0 Å². The molecule has 6 nitrogen and oxygen atoms in total. The second-order valence-corrected chi connectivity index (χ2v) is 7.77. The van der Waals surface area contributed by atoms with Gasteiger partial charge in [0.15, 0.2) is 0 Å². The zero-order valence-electron chi connectivity index (χ0n) is 17.9. The van der Waals surface area contributed by atoms with Crippen LogP contribution in [0, 0.1) is 0 Å². The Bertz CT molecular complexity index is 1430. The molecule has 0 radical (unpaired) electrons. The van der Waals surface area contributed by atoms with Crippen molar-refractivity contribution in [2.75, 3.05) is 19.1 Å². The molecule has 0 aliphatic rings. The summed E-state index contributed by atoms with van der Waals surface area (Å²) in [7, 11) is 3.44. The number of carbonyl (C=O) groups is 1. The molecule has 158 valence electrons. The molecule has 0 saturated carbocycles. The number of H-pyrrole nitrogens is 1.